The third-order valence-electron chi connectivity index (χ3n) is 1.74. The van der Waals surface area contributed by atoms with Gasteiger partial charge in [0.25, 0.3) is 0 Å². The number of unbranched alkanes of at least 4 members (excludes halogenated alkanes) is 1. The molecule has 1 aromatic rings. The van der Waals surface area contributed by atoms with Crippen molar-refractivity contribution in [1.29, 1.82) is 0 Å². The predicted octanol–water partition coefficient (Wildman–Crippen LogP) is 2.61. The van der Waals surface area contributed by atoms with Gasteiger partial charge in [-0.3, -0.25) is 0 Å². The fraction of sp³-hybridized carbons (Fsp3) is 0.417. The zero-order valence-electron chi connectivity index (χ0n) is 9.90. The van der Waals surface area contributed by atoms with Crippen molar-refractivity contribution in [3.63, 3.8) is 0 Å². The van der Waals surface area contributed by atoms with Gasteiger partial charge in [-0.05, 0) is 18.6 Å². The van der Waals surface area contributed by atoms with E-state index in [0.717, 1.165) is 12.3 Å². The molecule has 16 heavy (non-hydrogen) atoms. The summed E-state index contributed by atoms with van der Waals surface area (Å²) in [5, 5.41) is 2.44. The Balaban J connectivity index is 0.000000325. The molecule has 0 aliphatic rings. The number of rotatable bonds is 4. The minimum atomic E-state index is -0.536. The van der Waals surface area contributed by atoms with Crippen molar-refractivity contribution in [1.82, 2.24) is 0 Å². The molecule has 0 radical (unpaired) electrons. The lowest BCUT2D eigenvalue weighted by Gasteiger charge is -1.97. The molecule has 0 saturated carbocycles. The van der Waals surface area contributed by atoms with Crippen molar-refractivity contribution >= 4 is 11.7 Å². The van der Waals surface area contributed by atoms with Gasteiger partial charge in [0.05, 0.1) is 0 Å². The molecule has 3 N–H and O–H groups in total. The van der Waals surface area contributed by atoms with Gasteiger partial charge in [-0.1, -0.05) is 31.5 Å². The Morgan fingerprint density at radius 1 is 1.38 bits per heavy atom. The number of primary amides is 1. The van der Waals surface area contributed by atoms with Crippen molar-refractivity contribution in [2.24, 2.45) is 5.73 Å². The van der Waals surface area contributed by atoms with Gasteiger partial charge >= 0.3 is 6.03 Å². The van der Waals surface area contributed by atoms with E-state index in [0.29, 0.717) is 0 Å². The molecule has 90 valence electrons. The Labute approximate surface area is 96.8 Å². The van der Waals surface area contributed by atoms with E-state index in [1.165, 1.54) is 12.8 Å². The quantitative estimate of drug-likeness (QED) is 0.772. The number of ether oxygens (including phenoxy) is 1. The number of hydrogen-bond donors (Lipinski definition) is 2. The predicted molar refractivity (Wildman–Crippen MR) is 66.4 cm³/mol. The van der Waals surface area contributed by atoms with Crippen molar-refractivity contribution in [2.75, 3.05) is 19.0 Å². The van der Waals surface area contributed by atoms with Crippen molar-refractivity contribution in [3.05, 3.63) is 30.3 Å². The molecular formula is C12H20N2O2. The molecule has 0 aliphatic carbocycles. The molecule has 0 heterocycles. The first-order valence-electron chi connectivity index (χ1n) is 5.31. The zero-order valence-corrected chi connectivity index (χ0v) is 9.90. The van der Waals surface area contributed by atoms with Crippen LogP contribution in [-0.4, -0.2) is 19.7 Å². The second-order valence-electron chi connectivity index (χ2n) is 3.20. The first kappa shape index (κ1) is 14.5. The number of carbonyl (C=O) groups is 1. The number of nitrogens with one attached hydrogen (secondary N) is 1. The van der Waals surface area contributed by atoms with Crippen LogP contribution in [0, 0.1) is 0 Å². The molecule has 1 aromatic carbocycles. The first-order valence-corrected chi connectivity index (χ1v) is 5.31. The van der Waals surface area contributed by atoms with Crippen LogP contribution in [0.5, 0.6) is 0 Å². The maximum absolute atomic E-state index is 10.3. The highest BCUT2D eigenvalue weighted by molar-refractivity contribution is 5.87. The van der Waals surface area contributed by atoms with Crippen molar-refractivity contribution in [2.45, 2.75) is 19.8 Å². The third kappa shape index (κ3) is 9.02. The highest BCUT2D eigenvalue weighted by atomic mass is 16.5. The topological polar surface area (TPSA) is 64.3 Å². The number of nitrogens with two attached hydrogens (primary N) is 1. The number of benzene rings is 1. The standard InChI is InChI=1S/C7H8N2O.C5H12O/c8-7(10)9-6-4-2-1-3-5-6;1-3-4-5-6-2/h1-5H,(H3,8,9,10);3-5H2,1-2H3. The van der Waals surface area contributed by atoms with Gasteiger partial charge in [-0.25, -0.2) is 4.79 Å². The summed E-state index contributed by atoms with van der Waals surface area (Å²) in [7, 11) is 1.73. The summed E-state index contributed by atoms with van der Waals surface area (Å²) in [4.78, 5) is 10.3. The van der Waals surface area contributed by atoms with E-state index in [4.69, 9.17) is 10.5 Å². The number of carbonyl (C=O) groups excluding carboxylic acids is 1. The molecule has 4 heteroatoms. The number of anilines is 1. The van der Waals surface area contributed by atoms with Crippen LogP contribution < -0.4 is 11.1 Å². The number of amides is 2. The van der Waals surface area contributed by atoms with Crippen LogP contribution in [0.1, 0.15) is 19.8 Å². The maximum atomic E-state index is 10.3. The van der Waals surface area contributed by atoms with E-state index in [1.807, 2.05) is 18.2 Å². The summed E-state index contributed by atoms with van der Waals surface area (Å²) in [6.45, 7) is 3.07. The van der Waals surface area contributed by atoms with E-state index in [2.05, 4.69) is 12.2 Å². The van der Waals surface area contributed by atoms with Crippen LogP contribution in [0.25, 0.3) is 0 Å². The molecule has 0 atom stereocenters. The SMILES string of the molecule is CCCCOC.NC(=O)Nc1ccccc1. The molecular weight excluding hydrogens is 204 g/mol. The summed E-state index contributed by atoms with van der Waals surface area (Å²) in [6, 6.07) is 8.52. The van der Waals surface area contributed by atoms with Gasteiger partial charge in [0.2, 0.25) is 0 Å². The second-order valence-corrected chi connectivity index (χ2v) is 3.20. The number of hydrogen-bond acceptors (Lipinski definition) is 2. The molecule has 0 spiro atoms. The summed E-state index contributed by atoms with van der Waals surface area (Å²) in [6.07, 6.45) is 2.42. The molecule has 4 nitrogen and oxygen atoms in total. The van der Waals surface area contributed by atoms with E-state index >= 15 is 0 Å². The van der Waals surface area contributed by atoms with E-state index in [-0.39, 0.29) is 0 Å². The molecule has 0 saturated heterocycles. The Morgan fingerprint density at radius 3 is 2.38 bits per heavy atom. The third-order valence-corrected chi connectivity index (χ3v) is 1.74. The van der Waals surface area contributed by atoms with Gasteiger partial charge in [-0.15, -0.1) is 0 Å². The monoisotopic (exact) mass is 224 g/mol. The fourth-order valence-corrected chi connectivity index (χ4v) is 0.952. The highest BCUT2D eigenvalue weighted by Crippen LogP contribution is 2.03. The minimum Gasteiger partial charge on any atom is -0.385 e. The van der Waals surface area contributed by atoms with Gasteiger partial charge in [0.15, 0.2) is 0 Å². The second kappa shape index (κ2) is 9.98. The minimum absolute atomic E-state index is 0.536. The summed E-state index contributed by atoms with van der Waals surface area (Å²) >= 11 is 0. The average molecular weight is 224 g/mol. The first-order chi connectivity index (χ1) is 7.70. The number of para-hydroxylation sites is 1. The summed E-state index contributed by atoms with van der Waals surface area (Å²) < 4.78 is 4.78. The molecule has 0 aliphatic heterocycles. The normalized spacial score (nSPS) is 8.88. The van der Waals surface area contributed by atoms with Crippen molar-refractivity contribution in [3.8, 4) is 0 Å². The van der Waals surface area contributed by atoms with Gasteiger partial charge in [-0.2, -0.15) is 0 Å². The molecule has 1 rings (SSSR count). The fourth-order valence-electron chi connectivity index (χ4n) is 0.952. The maximum Gasteiger partial charge on any atom is 0.316 e. The van der Waals surface area contributed by atoms with E-state index < -0.39 is 6.03 Å². The Bertz CT molecular complexity index is 272. The number of urea groups is 1. The van der Waals surface area contributed by atoms with Crippen LogP contribution in [0.2, 0.25) is 0 Å². The van der Waals surface area contributed by atoms with Gasteiger partial charge in [0.1, 0.15) is 0 Å². The van der Waals surface area contributed by atoms with Crippen LogP contribution in [0.3, 0.4) is 0 Å². The summed E-state index contributed by atoms with van der Waals surface area (Å²) in [5.74, 6) is 0. The Morgan fingerprint density at radius 2 is 2.00 bits per heavy atom. The average Bonchev–Trinajstić information content (AvgIpc) is 2.28. The Hall–Kier alpha value is -1.55. The molecule has 2 amide bonds. The lowest BCUT2D eigenvalue weighted by Crippen LogP contribution is -2.18. The highest BCUT2D eigenvalue weighted by Gasteiger charge is 1.90. The summed E-state index contributed by atoms with van der Waals surface area (Å²) in [5.41, 5.74) is 5.59. The molecule has 0 unspecified atom stereocenters. The van der Waals surface area contributed by atoms with Crippen molar-refractivity contribution < 1.29 is 9.53 Å². The van der Waals surface area contributed by atoms with E-state index in [1.54, 1.807) is 19.2 Å². The van der Waals surface area contributed by atoms with Crippen LogP contribution in [-0.2, 0) is 4.74 Å². The lowest BCUT2D eigenvalue weighted by atomic mass is 10.3. The zero-order chi connectivity index (χ0) is 12.2. The lowest BCUT2D eigenvalue weighted by molar-refractivity contribution is 0.194. The smallest absolute Gasteiger partial charge is 0.316 e. The van der Waals surface area contributed by atoms with Crippen LogP contribution in [0.4, 0.5) is 10.5 Å². The van der Waals surface area contributed by atoms with Gasteiger partial charge < -0.3 is 15.8 Å². The Kier molecular flexibility index (Phi) is 9.02. The largest absolute Gasteiger partial charge is 0.385 e. The molecule has 0 aromatic heterocycles. The van der Waals surface area contributed by atoms with E-state index in [9.17, 15) is 4.79 Å². The molecule has 0 fully saturated rings. The van der Waals surface area contributed by atoms with Crippen LogP contribution in [0.15, 0.2) is 30.3 Å². The molecule has 0 bridgehead atoms. The van der Waals surface area contributed by atoms with Gasteiger partial charge in [0, 0.05) is 19.4 Å². The van der Waals surface area contributed by atoms with Crippen LogP contribution >= 0.6 is 0 Å². The number of methoxy groups -OCH3 is 1.